The molecule has 2 aromatic rings. The Labute approximate surface area is 194 Å². The molecule has 1 aliphatic heterocycles. The number of nitriles is 1. The van der Waals surface area contributed by atoms with Crippen LogP contribution in [0, 0.1) is 16.7 Å². The van der Waals surface area contributed by atoms with Gasteiger partial charge in [0.1, 0.15) is 5.82 Å². The number of anilines is 1. The molecule has 4 rings (SSSR count). The van der Waals surface area contributed by atoms with Gasteiger partial charge >= 0.3 is 6.18 Å². The number of Topliss-reactive ketones (excluding diaryl/α,β-unsaturated/α-hetero) is 1. The second-order valence-electron chi connectivity index (χ2n) is 9.15. The Morgan fingerprint density at radius 1 is 1.21 bits per heavy atom. The lowest BCUT2D eigenvalue weighted by Gasteiger charge is -2.44. The number of ketones is 1. The van der Waals surface area contributed by atoms with Crippen molar-refractivity contribution in [3.63, 3.8) is 0 Å². The topological polar surface area (TPSA) is 70.1 Å². The first-order chi connectivity index (χ1) is 15.5. The molecule has 0 amide bonds. The molecule has 0 saturated carbocycles. The molecule has 0 spiro atoms. The standard InChI is InChI=1S/C25H24F3N3OS/c1-4-14-9-10-20(33-14)21-15(13-29)23(30)31(17-8-6-5-7-16(17)25(26,27)28)18-11-24(2,3)12-19(32)22(18)21/h5-10,21H,4,11-12,30H2,1-3H3. The van der Waals surface area contributed by atoms with Gasteiger partial charge in [-0.15, -0.1) is 11.3 Å². The Bertz CT molecular complexity index is 1230. The van der Waals surface area contributed by atoms with Crippen LogP contribution in [0.25, 0.3) is 0 Å². The van der Waals surface area contributed by atoms with E-state index in [0.29, 0.717) is 17.7 Å². The molecule has 1 aromatic heterocycles. The molecule has 0 saturated heterocycles. The maximum Gasteiger partial charge on any atom is 0.418 e. The van der Waals surface area contributed by atoms with E-state index in [1.807, 2.05) is 32.9 Å². The Hall–Kier alpha value is -3.05. The third-order valence-corrected chi connectivity index (χ3v) is 7.44. The summed E-state index contributed by atoms with van der Waals surface area (Å²) in [6, 6.07) is 11.1. The van der Waals surface area contributed by atoms with Crippen molar-refractivity contribution in [3.8, 4) is 6.07 Å². The number of hydrogen-bond donors (Lipinski definition) is 1. The van der Waals surface area contributed by atoms with Gasteiger partial charge in [-0.2, -0.15) is 18.4 Å². The van der Waals surface area contributed by atoms with Gasteiger partial charge in [-0.3, -0.25) is 9.69 Å². The minimum atomic E-state index is -4.63. The highest BCUT2D eigenvalue weighted by molar-refractivity contribution is 7.12. The van der Waals surface area contributed by atoms with Crippen LogP contribution in [-0.4, -0.2) is 5.78 Å². The number of thiophene rings is 1. The maximum absolute atomic E-state index is 13.9. The van der Waals surface area contributed by atoms with E-state index in [1.165, 1.54) is 34.4 Å². The number of nitrogens with zero attached hydrogens (tertiary/aromatic N) is 2. The number of para-hydroxylation sites is 1. The van der Waals surface area contributed by atoms with Gasteiger partial charge in [-0.1, -0.05) is 32.9 Å². The van der Waals surface area contributed by atoms with Gasteiger partial charge in [-0.05, 0) is 42.5 Å². The van der Waals surface area contributed by atoms with Crippen LogP contribution in [0.2, 0.25) is 0 Å². The summed E-state index contributed by atoms with van der Waals surface area (Å²) in [7, 11) is 0. The normalized spacial score (nSPS) is 20.7. The van der Waals surface area contributed by atoms with Crippen LogP contribution < -0.4 is 10.6 Å². The lowest BCUT2D eigenvalue weighted by molar-refractivity contribution is -0.137. The SMILES string of the molecule is CCc1ccc(C2C(C#N)=C(N)N(c3ccccc3C(F)(F)F)C3=C2C(=O)CC(C)(C)C3)s1. The van der Waals surface area contributed by atoms with Gasteiger partial charge in [-0.25, -0.2) is 0 Å². The zero-order valence-corrected chi connectivity index (χ0v) is 19.4. The van der Waals surface area contributed by atoms with Crippen LogP contribution in [0.3, 0.4) is 0 Å². The number of carbonyl (C=O) groups excluding carboxylic acids is 1. The zero-order chi connectivity index (χ0) is 24.1. The number of allylic oxidation sites excluding steroid dienone is 3. The monoisotopic (exact) mass is 471 g/mol. The maximum atomic E-state index is 13.9. The Kier molecular flexibility index (Phi) is 5.65. The summed E-state index contributed by atoms with van der Waals surface area (Å²) >= 11 is 1.50. The largest absolute Gasteiger partial charge is 0.418 e. The molecule has 1 aromatic carbocycles. The van der Waals surface area contributed by atoms with E-state index < -0.39 is 23.1 Å². The van der Waals surface area contributed by atoms with E-state index in [1.54, 1.807) is 0 Å². The number of rotatable bonds is 3. The van der Waals surface area contributed by atoms with Crippen molar-refractivity contribution in [2.75, 3.05) is 4.90 Å². The first-order valence-corrected chi connectivity index (χ1v) is 11.5. The Morgan fingerprint density at radius 3 is 2.52 bits per heavy atom. The summed E-state index contributed by atoms with van der Waals surface area (Å²) in [5, 5.41) is 10.1. The first kappa shape index (κ1) is 23.1. The summed E-state index contributed by atoms with van der Waals surface area (Å²) in [5.74, 6) is -0.893. The minimum Gasteiger partial charge on any atom is -0.384 e. The number of aryl methyl sites for hydroxylation is 1. The van der Waals surface area contributed by atoms with E-state index in [4.69, 9.17) is 5.73 Å². The molecule has 2 heterocycles. The summed E-state index contributed by atoms with van der Waals surface area (Å²) in [5.41, 5.74) is 5.89. The molecule has 0 radical (unpaired) electrons. The third kappa shape index (κ3) is 3.95. The number of halogens is 3. The van der Waals surface area contributed by atoms with Gasteiger partial charge in [0.25, 0.3) is 0 Å². The van der Waals surface area contributed by atoms with Crippen LogP contribution in [0.5, 0.6) is 0 Å². The number of hydrogen-bond acceptors (Lipinski definition) is 5. The minimum absolute atomic E-state index is 0.0603. The lowest BCUT2D eigenvalue weighted by atomic mass is 9.69. The van der Waals surface area contributed by atoms with E-state index in [9.17, 15) is 23.2 Å². The molecule has 0 bridgehead atoms. The van der Waals surface area contributed by atoms with Gasteiger partial charge < -0.3 is 5.73 Å². The van der Waals surface area contributed by atoms with Crippen molar-refractivity contribution in [2.24, 2.45) is 11.1 Å². The fourth-order valence-electron chi connectivity index (χ4n) is 4.72. The Balaban J connectivity index is 2.03. The van der Waals surface area contributed by atoms with Crippen molar-refractivity contribution in [2.45, 2.75) is 52.1 Å². The molecule has 0 fully saturated rings. The Morgan fingerprint density at radius 2 is 1.91 bits per heavy atom. The predicted molar refractivity (Wildman–Crippen MR) is 122 cm³/mol. The molecule has 172 valence electrons. The van der Waals surface area contributed by atoms with E-state index in [2.05, 4.69) is 6.07 Å². The average Bonchev–Trinajstić information content (AvgIpc) is 3.20. The van der Waals surface area contributed by atoms with Gasteiger partial charge in [0.2, 0.25) is 0 Å². The summed E-state index contributed by atoms with van der Waals surface area (Å²) in [6.45, 7) is 5.84. The quantitative estimate of drug-likeness (QED) is 0.573. The molecule has 1 unspecified atom stereocenters. The van der Waals surface area contributed by atoms with Crippen LogP contribution in [0.1, 0.15) is 54.8 Å². The first-order valence-electron chi connectivity index (χ1n) is 10.7. The number of alkyl halides is 3. The van der Waals surface area contributed by atoms with Gasteiger partial charge in [0, 0.05) is 27.4 Å². The smallest absolute Gasteiger partial charge is 0.384 e. The van der Waals surface area contributed by atoms with Crippen molar-refractivity contribution >= 4 is 22.8 Å². The molecular weight excluding hydrogens is 447 g/mol. The van der Waals surface area contributed by atoms with Crippen LogP contribution in [0.4, 0.5) is 18.9 Å². The molecule has 8 heteroatoms. The second-order valence-corrected chi connectivity index (χ2v) is 10.4. The molecule has 1 aliphatic carbocycles. The third-order valence-electron chi connectivity index (χ3n) is 6.15. The van der Waals surface area contributed by atoms with Crippen LogP contribution in [0.15, 0.2) is 59.1 Å². The highest BCUT2D eigenvalue weighted by Gasteiger charge is 2.46. The highest BCUT2D eigenvalue weighted by Crippen LogP contribution is 2.52. The fourth-order valence-corrected chi connectivity index (χ4v) is 5.79. The van der Waals surface area contributed by atoms with E-state index >= 15 is 0 Å². The van der Waals surface area contributed by atoms with Crippen molar-refractivity contribution in [1.82, 2.24) is 0 Å². The van der Waals surface area contributed by atoms with Gasteiger partial charge in [0.15, 0.2) is 5.78 Å². The van der Waals surface area contributed by atoms with E-state index in [-0.39, 0.29) is 29.3 Å². The zero-order valence-electron chi connectivity index (χ0n) is 18.6. The summed E-state index contributed by atoms with van der Waals surface area (Å²) < 4.78 is 41.7. The lowest BCUT2D eigenvalue weighted by Crippen LogP contribution is -2.42. The second kappa shape index (κ2) is 8.07. The summed E-state index contributed by atoms with van der Waals surface area (Å²) in [6.07, 6.45) is -3.21. The van der Waals surface area contributed by atoms with Crippen molar-refractivity contribution in [3.05, 3.63) is 74.4 Å². The molecule has 4 nitrogen and oxygen atoms in total. The van der Waals surface area contributed by atoms with E-state index in [0.717, 1.165) is 22.2 Å². The molecule has 2 aliphatic rings. The number of nitrogens with two attached hydrogens (primary N) is 1. The average molecular weight is 472 g/mol. The van der Waals surface area contributed by atoms with Crippen molar-refractivity contribution < 1.29 is 18.0 Å². The van der Waals surface area contributed by atoms with Crippen LogP contribution in [-0.2, 0) is 17.4 Å². The highest BCUT2D eigenvalue weighted by atomic mass is 32.1. The summed E-state index contributed by atoms with van der Waals surface area (Å²) in [4.78, 5) is 16.6. The van der Waals surface area contributed by atoms with Gasteiger partial charge in [0.05, 0.1) is 28.8 Å². The predicted octanol–water partition coefficient (Wildman–Crippen LogP) is 6.27. The van der Waals surface area contributed by atoms with Crippen molar-refractivity contribution in [1.29, 1.82) is 5.26 Å². The number of carbonyl (C=O) groups is 1. The fraction of sp³-hybridized carbons (Fsp3) is 0.360. The van der Waals surface area contributed by atoms with Crippen LogP contribution >= 0.6 is 11.3 Å². The molecule has 33 heavy (non-hydrogen) atoms. The molecular formula is C25H24F3N3OS. The molecule has 2 N–H and O–H groups in total. The molecule has 1 atom stereocenters. The number of benzene rings is 1.